The average molecular weight is 700 g/mol. The highest BCUT2D eigenvalue weighted by Gasteiger charge is 2.44. The molecule has 3 heterocycles. The van der Waals surface area contributed by atoms with Gasteiger partial charge in [0.15, 0.2) is 23.0 Å². The van der Waals surface area contributed by atoms with Crippen LogP contribution >= 0.6 is 0 Å². The van der Waals surface area contributed by atoms with E-state index in [9.17, 15) is 4.79 Å². The summed E-state index contributed by atoms with van der Waals surface area (Å²) in [5.41, 5.74) is 9.82. The Kier molecular flexibility index (Phi) is 7.45. The van der Waals surface area contributed by atoms with Gasteiger partial charge in [0.2, 0.25) is 5.43 Å². The van der Waals surface area contributed by atoms with E-state index in [1.165, 1.54) is 5.19 Å². The summed E-state index contributed by atoms with van der Waals surface area (Å²) >= 11 is 0. The molecule has 6 heteroatoms. The van der Waals surface area contributed by atoms with Gasteiger partial charge < -0.3 is 13.9 Å². The number of nitrogens with zero attached hydrogens (tertiary/aromatic N) is 1. The first-order valence-electron chi connectivity index (χ1n) is 18.3. The van der Waals surface area contributed by atoms with Crippen molar-refractivity contribution in [1.29, 1.82) is 0 Å². The number of anilines is 3. The van der Waals surface area contributed by atoms with Crippen molar-refractivity contribution in [2.75, 3.05) is 4.90 Å². The fourth-order valence-corrected chi connectivity index (χ4v) is 16.1. The van der Waals surface area contributed by atoms with Crippen LogP contribution in [0.25, 0.3) is 44.2 Å². The second-order valence-corrected chi connectivity index (χ2v) is 21.0. The monoisotopic (exact) mass is 699 g/mol. The number of fused-ring (bicyclic) bond motifs is 6. The number of benzene rings is 6. The summed E-state index contributed by atoms with van der Waals surface area (Å²) in [6.45, 7) is 14.1. The Labute approximate surface area is 305 Å². The van der Waals surface area contributed by atoms with Gasteiger partial charge >= 0.3 is 0 Å². The first kappa shape index (κ1) is 32.3. The van der Waals surface area contributed by atoms with Crippen molar-refractivity contribution in [1.82, 2.24) is 0 Å². The van der Waals surface area contributed by atoms with Gasteiger partial charge in [-0.05, 0) is 106 Å². The Morgan fingerprint density at radius 3 is 1.75 bits per heavy atom. The first-order chi connectivity index (χ1) is 25.1. The molecule has 0 unspecified atom stereocenters. The summed E-state index contributed by atoms with van der Waals surface area (Å²) in [4.78, 5) is 16.5. The molecule has 0 saturated carbocycles. The molecule has 6 aromatic carbocycles. The normalized spacial score (nSPS) is 13.3. The van der Waals surface area contributed by atoms with Crippen molar-refractivity contribution in [3.63, 3.8) is 0 Å². The van der Waals surface area contributed by atoms with Crippen molar-refractivity contribution >= 4 is 52.3 Å². The largest absolute Gasteiger partial charge is 0.456 e. The van der Waals surface area contributed by atoms with Crippen LogP contribution in [0.2, 0.25) is 16.6 Å². The van der Waals surface area contributed by atoms with Crippen LogP contribution in [0.4, 0.5) is 17.1 Å². The maximum Gasteiger partial charge on any atom is 0.200 e. The molecule has 0 radical (unpaired) electrons. The van der Waals surface area contributed by atoms with Crippen LogP contribution in [-0.4, -0.2) is 8.07 Å². The van der Waals surface area contributed by atoms with E-state index < -0.39 is 8.07 Å². The van der Waals surface area contributed by atoms with Crippen LogP contribution in [-0.2, 0) is 0 Å². The van der Waals surface area contributed by atoms with Gasteiger partial charge in [-0.3, -0.25) is 9.69 Å². The van der Waals surface area contributed by atoms with Crippen molar-refractivity contribution in [3.05, 3.63) is 132 Å². The molecule has 0 spiro atoms. The molecule has 0 atom stereocenters. The Bertz CT molecular complexity index is 2600. The maximum absolute atomic E-state index is 14.3. The lowest BCUT2D eigenvalue weighted by atomic mass is 9.97. The van der Waals surface area contributed by atoms with E-state index in [2.05, 4.69) is 107 Å². The van der Waals surface area contributed by atoms with E-state index in [-0.39, 0.29) is 5.43 Å². The van der Waals surface area contributed by atoms with Gasteiger partial charge in [0.05, 0.1) is 30.2 Å². The number of ether oxygens (including phenoxy) is 2. The number of para-hydroxylation sites is 3. The Morgan fingerprint density at radius 1 is 0.500 bits per heavy atom. The highest BCUT2D eigenvalue weighted by molar-refractivity contribution is 6.95. The number of rotatable bonds is 6. The predicted octanol–water partition coefficient (Wildman–Crippen LogP) is 12.8. The molecule has 0 aliphatic carbocycles. The van der Waals surface area contributed by atoms with Crippen molar-refractivity contribution in [3.8, 4) is 45.3 Å². The second kappa shape index (κ2) is 12.0. The lowest BCUT2D eigenvalue weighted by Gasteiger charge is -2.43. The zero-order valence-electron chi connectivity index (χ0n) is 30.4. The highest BCUT2D eigenvalue weighted by Crippen LogP contribution is 2.59. The first-order valence-corrected chi connectivity index (χ1v) is 20.5. The van der Waals surface area contributed by atoms with E-state index in [0.29, 0.717) is 38.6 Å². The third-order valence-corrected chi connectivity index (χ3v) is 18.5. The fraction of sp³-hybridized carbons (Fsp3) is 0.196. The van der Waals surface area contributed by atoms with E-state index in [0.717, 1.165) is 62.3 Å². The van der Waals surface area contributed by atoms with Gasteiger partial charge in [-0.1, -0.05) is 101 Å². The molecule has 0 bridgehead atoms. The zero-order chi connectivity index (χ0) is 35.9. The van der Waals surface area contributed by atoms with Crippen molar-refractivity contribution in [2.24, 2.45) is 0 Å². The van der Waals surface area contributed by atoms with Crippen LogP contribution in [0.1, 0.15) is 41.5 Å². The molecular weight excluding hydrogens is 659 g/mol. The molecule has 5 nitrogen and oxygen atoms in total. The second-order valence-electron chi connectivity index (χ2n) is 15.1. The van der Waals surface area contributed by atoms with Crippen LogP contribution in [0, 0.1) is 0 Å². The molecule has 7 aromatic rings. The molecule has 0 fully saturated rings. The van der Waals surface area contributed by atoms with Crippen LogP contribution in [0.3, 0.4) is 0 Å². The number of hydrogen-bond acceptors (Lipinski definition) is 5. The molecule has 2 aliphatic heterocycles. The Balaban J connectivity index is 1.11. The van der Waals surface area contributed by atoms with Gasteiger partial charge in [0.1, 0.15) is 16.9 Å². The van der Waals surface area contributed by atoms with Crippen LogP contribution in [0.15, 0.2) is 131 Å². The Hall–Kier alpha value is -5.59. The lowest BCUT2D eigenvalue weighted by Crippen LogP contribution is -2.55. The van der Waals surface area contributed by atoms with E-state index in [4.69, 9.17) is 13.9 Å². The van der Waals surface area contributed by atoms with Gasteiger partial charge in [0, 0.05) is 0 Å². The molecular formula is C46H41NO4Si. The van der Waals surface area contributed by atoms with E-state index in [1.807, 2.05) is 60.7 Å². The maximum atomic E-state index is 14.3. The third-order valence-electron chi connectivity index (χ3n) is 11.5. The molecule has 9 rings (SSSR count). The minimum atomic E-state index is -1.96. The van der Waals surface area contributed by atoms with Crippen LogP contribution < -0.4 is 25.0 Å². The van der Waals surface area contributed by atoms with Gasteiger partial charge in [0.25, 0.3) is 0 Å². The molecule has 1 aromatic heterocycles. The smallest absolute Gasteiger partial charge is 0.200 e. The summed E-state index contributed by atoms with van der Waals surface area (Å²) < 4.78 is 19.1. The summed E-state index contributed by atoms with van der Waals surface area (Å²) in [5, 5.41) is 2.61. The van der Waals surface area contributed by atoms with Crippen LogP contribution in [0.5, 0.6) is 23.0 Å². The summed E-state index contributed by atoms with van der Waals surface area (Å²) in [5.74, 6) is 3.11. The molecule has 258 valence electrons. The summed E-state index contributed by atoms with van der Waals surface area (Å²) in [6, 6.07) is 41.2. The van der Waals surface area contributed by atoms with E-state index >= 15 is 0 Å². The standard InChI is InChI=1S/C46H41NO4Si/c1-27(2)52(28(3)4,29(5)6)34-19-22-40-36(26-34)46(48)35-24-32(18-21-39(35)49-40)30-11-9-12-31(23-30)33-17-20-38-44(25-33)51-43-16-10-15-42-45(43)47(38)37-13-7-8-14-41(37)50-42/h7-29H,1-6H3. The van der Waals surface area contributed by atoms with E-state index in [1.54, 1.807) is 0 Å². The molecule has 52 heavy (non-hydrogen) atoms. The average Bonchev–Trinajstić information content (AvgIpc) is 3.14. The van der Waals surface area contributed by atoms with Crippen molar-refractivity contribution in [2.45, 2.75) is 58.2 Å². The predicted molar refractivity (Wildman–Crippen MR) is 216 cm³/mol. The zero-order valence-corrected chi connectivity index (χ0v) is 31.4. The summed E-state index contributed by atoms with van der Waals surface area (Å²) in [6.07, 6.45) is 0. The number of hydrogen-bond donors (Lipinski definition) is 0. The highest BCUT2D eigenvalue weighted by atomic mass is 28.3. The minimum Gasteiger partial charge on any atom is -0.456 e. The van der Waals surface area contributed by atoms with Gasteiger partial charge in [-0.25, -0.2) is 0 Å². The molecule has 0 amide bonds. The molecule has 0 N–H and O–H groups in total. The summed E-state index contributed by atoms with van der Waals surface area (Å²) in [7, 11) is -1.96. The SMILES string of the molecule is CC(C)[Si](c1ccc2oc3ccc(-c4cccc(-c5ccc6c(c5)Oc5cccc7c5N6c5ccccc5O7)c4)cc3c(=O)c2c1)(C(C)C)C(C)C. The minimum absolute atomic E-state index is 0.0234. The topological polar surface area (TPSA) is 51.9 Å². The Morgan fingerprint density at radius 2 is 1.04 bits per heavy atom. The van der Waals surface area contributed by atoms with Gasteiger partial charge in [-0.2, -0.15) is 0 Å². The van der Waals surface area contributed by atoms with Gasteiger partial charge in [-0.15, -0.1) is 0 Å². The fourth-order valence-electron chi connectivity index (χ4n) is 9.37. The van der Waals surface area contributed by atoms with Crippen molar-refractivity contribution < 1.29 is 13.9 Å². The third kappa shape index (κ3) is 4.77. The lowest BCUT2D eigenvalue weighted by molar-refractivity contribution is 0.446. The molecule has 2 aliphatic rings. The molecule has 0 saturated heterocycles. The quantitative estimate of drug-likeness (QED) is 0.128.